The lowest BCUT2D eigenvalue weighted by Gasteiger charge is -2.20. The molecule has 0 bridgehead atoms. The van der Waals surface area contributed by atoms with E-state index in [1.165, 1.54) is 24.2 Å². The standard InChI is InChI=1S/C11H17NO/c1-8-7-10-9(5-6-12)3-2-4-11(10)13-8/h7,9H,2-6,12H2,1H3. The first-order valence-electron chi connectivity index (χ1n) is 5.10. The monoisotopic (exact) mass is 179 g/mol. The number of nitrogens with two attached hydrogens (primary N) is 1. The molecule has 1 aliphatic carbocycles. The minimum absolute atomic E-state index is 0.659. The first kappa shape index (κ1) is 8.82. The number of fused-ring (bicyclic) bond motifs is 1. The molecule has 0 spiro atoms. The topological polar surface area (TPSA) is 39.2 Å². The predicted octanol–water partition coefficient (Wildman–Crippen LogP) is 2.36. The van der Waals surface area contributed by atoms with E-state index in [0.29, 0.717) is 5.92 Å². The highest BCUT2D eigenvalue weighted by Gasteiger charge is 2.22. The Bertz CT molecular complexity index is 290. The summed E-state index contributed by atoms with van der Waals surface area (Å²) >= 11 is 0. The number of hydrogen-bond acceptors (Lipinski definition) is 2. The molecule has 1 aromatic heterocycles. The van der Waals surface area contributed by atoms with E-state index in [0.717, 1.165) is 25.1 Å². The van der Waals surface area contributed by atoms with Crippen molar-refractivity contribution in [1.29, 1.82) is 0 Å². The molecular formula is C11H17NO. The minimum atomic E-state index is 0.659. The summed E-state index contributed by atoms with van der Waals surface area (Å²) in [6, 6.07) is 2.19. The summed E-state index contributed by atoms with van der Waals surface area (Å²) in [5.41, 5.74) is 7.02. The summed E-state index contributed by atoms with van der Waals surface area (Å²) in [4.78, 5) is 0. The maximum Gasteiger partial charge on any atom is 0.107 e. The van der Waals surface area contributed by atoms with Gasteiger partial charge in [0.1, 0.15) is 11.5 Å². The van der Waals surface area contributed by atoms with Crippen molar-refractivity contribution >= 4 is 0 Å². The second-order valence-corrected chi connectivity index (χ2v) is 3.90. The number of hydrogen-bond donors (Lipinski definition) is 1. The van der Waals surface area contributed by atoms with Crippen LogP contribution < -0.4 is 5.73 Å². The Morgan fingerprint density at radius 2 is 2.46 bits per heavy atom. The molecule has 0 amide bonds. The van der Waals surface area contributed by atoms with E-state index in [4.69, 9.17) is 10.2 Å². The molecule has 1 aromatic rings. The molecule has 2 N–H and O–H groups in total. The lowest BCUT2D eigenvalue weighted by molar-refractivity contribution is 0.429. The van der Waals surface area contributed by atoms with Gasteiger partial charge >= 0.3 is 0 Å². The van der Waals surface area contributed by atoms with E-state index < -0.39 is 0 Å². The molecule has 0 aliphatic heterocycles. The highest BCUT2D eigenvalue weighted by atomic mass is 16.3. The van der Waals surface area contributed by atoms with E-state index in [2.05, 4.69) is 6.07 Å². The molecule has 0 aromatic carbocycles. The van der Waals surface area contributed by atoms with Crippen molar-refractivity contribution < 1.29 is 4.42 Å². The Balaban J connectivity index is 2.25. The molecule has 13 heavy (non-hydrogen) atoms. The van der Waals surface area contributed by atoms with Gasteiger partial charge in [-0.2, -0.15) is 0 Å². The van der Waals surface area contributed by atoms with Gasteiger partial charge in [0.05, 0.1) is 0 Å². The van der Waals surface area contributed by atoms with Gasteiger partial charge in [-0.1, -0.05) is 0 Å². The quantitative estimate of drug-likeness (QED) is 0.757. The van der Waals surface area contributed by atoms with Crippen molar-refractivity contribution in [3.05, 3.63) is 23.2 Å². The molecule has 2 rings (SSSR count). The maximum atomic E-state index is 5.64. The Labute approximate surface area is 79.1 Å². The summed E-state index contributed by atoms with van der Waals surface area (Å²) in [7, 11) is 0. The summed E-state index contributed by atoms with van der Waals surface area (Å²) in [6.07, 6.45) is 4.75. The minimum Gasteiger partial charge on any atom is -0.466 e. The van der Waals surface area contributed by atoms with Crippen LogP contribution in [0.1, 0.15) is 42.3 Å². The molecule has 0 saturated heterocycles. The second kappa shape index (κ2) is 3.54. The van der Waals surface area contributed by atoms with Crippen molar-refractivity contribution in [3.8, 4) is 0 Å². The van der Waals surface area contributed by atoms with Gasteiger partial charge in [0.15, 0.2) is 0 Å². The Morgan fingerprint density at radius 1 is 1.62 bits per heavy atom. The highest BCUT2D eigenvalue weighted by Crippen LogP contribution is 2.35. The highest BCUT2D eigenvalue weighted by molar-refractivity contribution is 5.27. The van der Waals surface area contributed by atoms with Crippen LogP contribution in [0.25, 0.3) is 0 Å². The van der Waals surface area contributed by atoms with Gasteiger partial charge < -0.3 is 10.2 Å². The third kappa shape index (κ3) is 1.63. The third-order valence-electron chi connectivity index (χ3n) is 2.88. The normalized spacial score (nSPS) is 21.5. The lowest BCUT2D eigenvalue weighted by Crippen LogP contribution is -2.12. The van der Waals surface area contributed by atoms with Crippen LogP contribution in [-0.2, 0) is 6.42 Å². The van der Waals surface area contributed by atoms with Crippen LogP contribution in [0.5, 0.6) is 0 Å². The van der Waals surface area contributed by atoms with E-state index in [1.807, 2.05) is 6.92 Å². The van der Waals surface area contributed by atoms with Gasteiger partial charge in [-0.05, 0) is 50.3 Å². The Kier molecular flexibility index (Phi) is 2.40. The van der Waals surface area contributed by atoms with Crippen LogP contribution in [0.2, 0.25) is 0 Å². The van der Waals surface area contributed by atoms with Gasteiger partial charge in [-0.25, -0.2) is 0 Å². The van der Waals surface area contributed by atoms with E-state index in [1.54, 1.807) is 0 Å². The molecule has 1 atom stereocenters. The molecule has 1 aliphatic rings. The molecule has 1 unspecified atom stereocenters. The predicted molar refractivity (Wildman–Crippen MR) is 52.8 cm³/mol. The third-order valence-corrected chi connectivity index (χ3v) is 2.88. The average Bonchev–Trinajstić information content (AvgIpc) is 2.47. The van der Waals surface area contributed by atoms with Crippen molar-refractivity contribution in [1.82, 2.24) is 0 Å². The van der Waals surface area contributed by atoms with Gasteiger partial charge in [-0.15, -0.1) is 0 Å². The molecule has 1 heterocycles. The van der Waals surface area contributed by atoms with Crippen molar-refractivity contribution in [2.24, 2.45) is 5.73 Å². The number of rotatable bonds is 2. The lowest BCUT2D eigenvalue weighted by atomic mass is 9.85. The SMILES string of the molecule is Cc1cc2c(o1)CCCC2CCN. The van der Waals surface area contributed by atoms with Crippen molar-refractivity contribution in [3.63, 3.8) is 0 Å². The molecule has 2 heteroatoms. The molecular weight excluding hydrogens is 162 g/mol. The van der Waals surface area contributed by atoms with E-state index in [-0.39, 0.29) is 0 Å². The largest absolute Gasteiger partial charge is 0.466 e. The average molecular weight is 179 g/mol. The fourth-order valence-corrected chi connectivity index (χ4v) is 2.29. The molecule has 72 valence electrons. The van der Waals surface area contributed by atoms with Gasteiger partial charge in [0.2, 0.25) is 0 Å². The van der Waals surface area contributed by atoms with Crippen molar-refractivity contribution in [2.45, 2.75) is 38.5 Å². The van der Waals surface area contributed by atoms with Crippen LogP contribution in [-0.4, -0.2) is 6.54 Å². The second-order valence-electron chi connectivity index (χ2n) is 3.90. The first-order valence-corrected chi connectivity index (χ1v) is 5.10. The zero-order valence-electron chi connectivity index (χ0n) is 8.18. The zero-order chi connectivity index (χ0) is 9.26. The van der Waals surface area contributed by atoms with Crippen LogP contribution in [0.15, 0.2) is 10.5 Å². The molecule has 0 fully saturated rings. The zero-order valence-corrected chi connectivity index (χ0v) is 8.18. The first-order chi connectivity index (χ1) is 6.31. The summed E-state index contributed by atoms with van der Waals surface area (Å²) in [5.74, 6) is 2.92. The summed E-state index contributed by atoms with van der Waals surface area (Å²) in [5, 5.41) is 0. The molecule has 0 radical (unpaired) electrons. The summed E-state index contributed by atoms with van der Waals surface area (Å²) < 4.78 is 5.64. The molecule has 0 saturated carbocycles. The number of furan rings is 1. The van der Waals surface area contributed by atoms with Crippen LogP contribution in [0.4, 0.5) is 0 Å². The number of aryl methyl sites for hydroxylation is 2. The van der Waals surface area contributed by atoms with E-state index >= 15 is 0 Å². The van der Waals surface area contributed by atoms with Crippen molar-refractivity contribution in [2.75, 3.05) is 6.54 Å². The Hall–Kier alpha value is -0.760. The fraction of sp³-hybridized carbons (Fsp3) is 0.636. The van der Waals surface area contributed by atoms with Crippen LogP contribution in [0, 0.1) is 6.92 Å². The fourth-order valence-electron chi connectivity index (χ4n) is 2.29. The molecule has 2 nitrogen and oxygen atoms in total. The van der Waals surface area contributed by atoms with Crippen LogP contribution in [0.3, 0.4) is 0 Å². The van der Waals surface area contributed by atoms with Gasteiger partial charge in [0.25, 0.3) is 0 Å². The smallest absolute Gasteiger partial charge is 0.107 e. The van der Waals surface area contributed by atoms with E-state index in [9.17, 15) is 0 Å². The van der Waals surface area contributed by atoms with Gasteiger partial charge in [-0.3, -0.25) is 0 Å². The maximum absolute atomic E-state index is 5.64. The Morgan fingerprint density at radius 3 is 3.23 bits per heavy atom. The summed E-state index contributed by atoms with van der Waals surface area (Å²) in [6.45, 7) is 2.81. The van der Waals surface area contributed by atoms with Gasteiger partial charge in [0, 0.05) is 6.42 Å². The van der Waals surface area contributed by atoms with Crippen LogP contribution >= 0.6 is 0 Å².